The Hall–Kier alpha value is -2.36. The first kappa shape index (κ1) is 15.0. The molecule has 0 spiro atoms. The molecule has 0 aliphatic rings. The maximum atomic E-state index is 12.8. The molecule has 1 N–H and O–H groups in total. The van der Waals surface area contributed by atoms with Gasteiger partial charge in [-0.2, -0.15) is 0 Å². The van der Waals surface area contributed by atoms with E-state index >= 15 is 0 Å². The van der Waals surface area contributed by atoms with Crippen LogP contribution in [0.25, 0.3) is 0 Å². The van der Waals surface area contributed by atoms with Gasteiger partial charge in [0.1, 0.15) is 11.6 Å². The van der Waals surface area contributed by atoms with Crippen molar-refractivity contribution in [2.24, 2.45) is 0 Å². The van der Waals surface area contributed by atoms with Crippen molar-refractivity contribution in [3.63, 3.8) is 0 Å². The van der Waals surface area contributed by atoms with Crippen molar-refractivity contribution in [2.45, 2.75) is 13.3 Å². The molecule has 4 heteroatoms. The third-order valence-corrected chi connectivity index (χ3v) is 3.04. The molecule has 110 valence electrons. The largest absolute Gasteiger partial charge is 0.494 e. The number of hydrogen-bond acceptors (Lipinski definition) is 2. The van der Waals surface area contributed by atoms with Gasteiger partial charge in [0, 0.05) is 12.1 Å². The van der Waals surface area contributed by atoms with Crippen LogP contribution in [-0.2, 0) is 6.42 Å². The van der Waals surface area contributed by atoms with Gasteiger partial charge < -0.3 is 10.1 Å². The monoisotopic (exact) mass is 287 g/mol. The van der Waals surface area contributed by atoms with Gasteiger partial charge in [-0.05, 0) is 55.3 Å². The summed E-state index contributed by atoms with van der Waals surface area (Å²) in [4.78, 5) is 11.9. The maximum Gasteiger partial charge on any atom is 0.251 e. The average molecular weight is 287 g/mol. The molecule has 0 bridgehead atoms. The molecule has 3 nitrogen and oxygen atoms in total. The fraction of sp³-hybridized carbons (Fsp3) is 0.235. The lowest BCUT2D eigenvalue weighted by Gasteiger charge is -2.07. The highest BCUT2D eigenvalue weighted by atomic mass is 19.1. The van der Waals surface area contributed by atoms with Crippen molar-refractivity contribution < 1.29 is 13.9 Å². The highest BCUT2D eigenvalue weighted by molar-refractivity contribution is 5.94. The zero-order chi connectivity index (χ0) is 15.1. The van der Waals surface area contributed by atoms with Crippen LogP contribution in [0, 0.1) is 5.82 Å². The molecule has 0 heterocycles. The van der Waals surface area contributed by atoms with Gasteiger partial charge in [0.25, 0.3) is 5.91 Å². The lowest BCUT2D eigenvalue weighted by atomic mass is 10.1. The summed E-state index contributed by atoms with van der Waals surface area (Å²) in [6.45, 7) is 3.02. The number of halogens is 1. The van der Waals surface area contributed by atoms with Crippen molar-refractivity contribution in [1.82, 2.24) is 5.32 Å². The third kappa shape index (κ3) is 4.60. The lowest BCUT2D eigenvalue weighted by Crippen LogP contribution is -2.25. The van der Waals surface area contributed by atoms with Crippen molar-refractivity contribution in [3.8, 4) is 5.75 Å². The van der Waals surface area contributed by atoms with E-state index < -0.39 is 0 Å². The third-order valence-electron chi connectivity index (χ3n) is 3.04. The highest BCUT2D eigenvalue weighted by Crippen LogP contribution is 2.12. The summed E-state index contributed by atoms with van der Waals surface area (Å²) in [7, 11) is 0. The quantitative estimate of drug-likeness (QED) is 0.886. The first-order valence-electron chi connectivity index (χ1n) is 6.94. The highest BCUT2D eigenvalue weighted by Gasteiger charge is 2.05. The molecule has 1 amide bonds. The molecule has 2 rings (SSSR count). The Kier molecular flexibility index (Phi) is 5.32. The van der Waals surface area contributed by atoms with Crippen molar-refractivity contribution >= 4 is 5.91 Å². The number of carbonyl (C=O) groups is 1. The summed E-state index contributed by atoms with van der Waals surface area (Å²) < 4.78 is 18.1. The molecule has 0 atom stereocenters. The smallest absolute Gasteiger partial charge is 0.251 e. The van der Waals surface area contributed by atoms with Crippen LogP contribution < -0.4 is 10.1 Å². The van der Waals surface area contributed by atoms with Gasteiger partial charge in [-0.3, -0.25) is 4.79 Å². The zero-order valence-corrected chi connectivity index (χ0v) is 11.9. The average Bonchev–Trinajstić information content (AvgIpc) is 2.50. The fourth-order valence-corrected chi connectivity index (χ4v) is 1.94. The second kappa shape index (κ2) is 7.43. The van der Waals surface area contributed by atoms with Crippen LogP contribution in [0.1, 0.15) is 22.8 Å². The molecular weight excluding hydrogens is 269 g/mol. The van der Waals surface area contributed by atoms with Crippen LogP contribution >= 0.6 is 0 Å². The predicted octanol–water partition coefficient (Wildman–Crippen LogP) is 3.20. The SMILES string of the molecule is CCOc1ccc(C(=O)NCCc2ccc(F)cc2)cc1. The van der Waals surface area contributed by atoms with Crippen LogP contribution in [0.5, 0.6) is 5.75 Å². The first-order chi connectivity index (χ1) is 10.2. The van der Waals surface area contributed by atoms with E-state index in [1.807, 2.05) is 6.92 Å². The minimum Gasteiger partial charge on any atom is -0.494 e. The van der Waals surface area contributed by atoms with Crippen LogP contribution in [0.2, 0.25) is 0 Å². The van der Waals surface area contributed by atoms with Crippen LogP contribution in [-0.4, -0.2) is 19.1 Å². The van der Waals surface area contributed by atoms with Crippen LogP contribution in [0.4, 0.5) is 4.39 Å². The number of nitrogens with one attached hydrogen (secondary N) is 1. The van der Waals surface area contributed by atoms with E-state index in [4.69, 9.17) is 4.74 Å². The number of carbonyl (C=O) groups excluding carboxylic acids is 1. The second-order valence-corrected chi connectivity index (χ2v) is 4.59. The summed E-state index contributed by atoms with van der Waals surface area (Å²) in [5.74, 6) is 0.373. The van der Waals surface area contributed by atoms with E-state index in [9.17, 15) is 9.18 Å². The molecule has 0 aromatic heterocycles. The van der Waals surface area contributed by atoms with Gasteiger partial charge in [0.2, 0.25) is 0 Å². The van der Waals surface area contributed by atoms with E-state index in [0.29, 0.717) is 25.1 Å². The van der Waals surface area contributed by atoms with Gasteiger partial charge in [0.15, 0.2) is 0 Å². The Morgan fingerprint density at radius 3 is 2.38 bits per heavy atom. The van der Waals surface area contributed by atoms with E-state index in [0.717, 1.165) is 11.3 Å². The first-order valence-corrected chi connectivity index (χ1v) is 6.94. The van der Waals surface area contributed by atoms with Gasteiger partial charge in [-0.25, -0.2) is 4.39 Å². The van der Waals surface area contributed by atoms with Gasteiger partial charge in [0.05, 0.1) is 6.61 Å². The fourth-order valence-electron chi connectivity index (χ4n) is 1.94. The van der Waals surface area contributed by atoms with Crippen molar-refractivity contribution in [1.29, 1.82) is 0 Å². The molecule has 0 aliphatic carbocycles. The number of benzene rings is 2. The number of rotatable bonds is 6. The Morgan fingerprint density at radius 2 is 1.76 bits per heavy atom. The summed E-state index contributed by atoms with van der Waals surface area (Å²) in [5, 5.41) is 2.84. The van der Waals surface area contributed by atoms with Crippen LogP contribution in [0.15, 0.2) is 48.5 Å². The Labute approximate surface area is 123 Å². The van der Waals surface area contributed by atoms with Gasteiger partial charge >= 0.3 is 0 Å². The summed E-state index contributed by atoms with van der Waals surface area (Å²) >= 11 is 0. The summed E-state index contributed by atoms with van der Waals surface area (Å²) in [6, 6.07) is 13.3. The molecule has 21 heavy (non-hydrogen) atoms. The number of hydrogen-bond donors (Lipinski definition) is 1. The molecule has 2 aromatic rings. The molecule has 0 unspecified atom stereocenters. The number of amides is 1. The Morgan fingerprint density at radius 1 is 1.10 bits per heavy atom. The predicted molar refractivity (Wildman–Crippen MR) is 80.0 cm³/mol. The number of ether oxygens (including phenoxy) is 1. The maximum absolute atomic E-state index is 12.8. The zero-order valence-electron chi connectivity index (χ0n) is 11.9. The molecule has 0 saturated heterocycles. The van der Waals surface area contributed by atoms with E-state index in [1.54, 1.807) is 36.4 Å². The Bertz CT molecular complexity index is 579. The van der Waals surface area contributed by atoms with Crippen molar-refractivity contribution in [2.75, 3.05) is 13.2 Å². The minimum atomic E-state index is -0.253. The molecule has 2 aromatic carbocycles. The second-order valence-electron chi connectivity index (χ2n) is 4.59. The Balaban J connectivity index is 1.82. The van der Waals surface area contributed by atoms with Crippen LogP contribution in [0.3, 0.4) is 0 Å². The molecular formula is C17H18FNO2. The molecule has 0 fully saturated rings. The van der Waals surface area contributed by atoms with Crippen molar-refractivity contribution in [3.05, 3.63) is 65.5 Å². The standard InChI is InChI=1S/C17H18FNO2/c1-2-21-16-9-5-14(6-10-16)17(20)19-12-11-13-3-7-15(18)8-4-13/h3-10H,2,11-12H2,1H3,(H,19,20). The van der Waals surface area contributed by atoms with Gasteiger partial charge in [-0.15, -0.1) is 0 Å². The minimum absolute atomic E-state index is 0.125. The lowest BCUT2D eigenvalue weighted by molar-refractivity contribution is 0.0954. The normalized spacial score (nSPS) is 10.2. The topological polar surface area (TPSA) is 38.3 Å². The van der Waals surface area contributed by atoms with E-state index in [1.165, 1.54) is 12.1 Å². The summed E-state index contributed by atoms with van der Waals surface area (Å²) in [5.41, 5.74) is 1.58. The summed E-state index contributed by atoms with van der Waals surface area (Å²) in [6.07, 6.45) is 0.670. The molecule has 0 radical (unpaired) electrons. The van der Waals surface area contributed by atoms with Gasteiger partial charge in [-0.1, -0.05) is 12.1 Å². The molecule has 0 aliphatic heterocycles. The molecule has 0 saturated carbocycles. The van der Waals surface area contributed by atoms with E-state index in [2.05, 4.69) is 5.32 Å². The van der Waals surface area contributed by atoms with E-state index in [-0.39, 0.29) is 11.7 Å².